The summed E-state index contributed by atoms with van der Waals surface area (Å²) in [5, 5.41) is 9.27. The van der Waals surface area contributed by atoms with Crippen LogP contribution in [0.4, 0.5) is 0 Å². The van der Waals surface area contributed by atoms with E-state index in [-0.39, 0.29) is 6.61 Å². The van der Waals surface area contributed by atoms with Crippen LogP contribution in [0.15, 0.2) is 16.5 Å². The van der Waals surface area contributed by atoms with Gasteiger partial charge >= 0.3 is 0 Å². The van der Waals surface area contributed by atoms with Gasteiger partial charge in [0.2, 0.25) is 0 Å². The predicted octanol–water partition coefficient (Wildman–Crippen LogP) is 2.12. The van der Waals surface area contributed by atoms with E-state index in [0.717, 1.165) is 50.5 Å². The molecule has 4 heteroatoms. The molecule has 2 rings (SSSR count). The Morgan fingerprint density at radius 1 is 1.30 bits per heavy atom. The zero-order valence-electron chi connectivity index (χ0n) is 13.0. The molecule has 1 aromatic heterocycles. The van der Waals surface area contributed by atoms with Crippen LogP contribution in [-0.2, 0) is 13.0 Å². The van der Waals surface area contributed by atoms with E-state index in [2.05, 4.69) is 42.7 Å². The molecule has 4 nitrogen and oxygen atoms in total. The zero-order valence-corrected chi connectivity index (χ0v) is 13.0. The van der Waals surface area contributed by atoms with Gasteiger partial charge in [-0.25, -0.2) is 0 Å². The van der Waals surface area contributed by atoms with E-state index in [9.17, 15) is 5.11 Å². The number of nitrogens with zero attached hydrogens (tertiary/aromatic N) is 2. The summed E-state index contributed by atoms with van der Waals surface area (Å²) in [4.78, 5) is 4.95. The van der Waals surface area contributed by atoms with Gasteiger partial charge in [-0.15, -0.1) is 0 Å². The number of hydrogen-bond acceptors (Lipinski definition) is 4. The highest BCUT2D eigenvalue weighted by Crippen LogP contribution is 2.19. The minimum Gasteiger partial charge on any atom is -0.465 e. The summed E-state index contributed by atoms with van der Waals surface area (Å²) in [6.45, 7) is 10.9. The number of aliphatic hydroxyl groups excluding tert-OH is 1. The second-order valence-electron chi connectivity index (χ2n) is 5.95. The van der Waals surface area contributed by atoms with Gasteiger partial charge in [-0.05, 0) is 32.4 Å². The molecule has 1 aliphatic rings. The van der Waals surface area contributed by atoms with E-state index >= 15 is 0 Å². The number of aryl methyl sites for hydroxylation is 1. The maximum atomic E-state index is 9.27. The van der Waals surface area contributed by atoms with Gasteiger partial charge in [0, 0.05) is 44.7 Å². The molecule has 1 aromatic rings. The topological polar surface area (TPSA) is 39.9 Å². The fourth-order valence-electron chi connectivity index (χ4n) is 3.08. The lowest BCUT2D eigenvalue weighted by atomic mass is 10.1. The van der Waals surface area contributed by atoms with Gasteiger partial charge in [0.1, 0.15) is 11.5 Å². The SMILES string of the molecule is CCc1ccc(CN2CCN(C(C)C)[C@H](CCO)C2)o1. The van der Waals surface area contributed by atoms with E-state index < -0.39 is 0 Å². The molecule has 1 fully saturated rings. The Morgan fingerprint density at radius 2 is 2.05 bits per heavy atom. The third-order valence-electron chi connectivity index (χ3n) is 4.18. The highest BCUT2D eigenvalue weighted by Gasteiger charge is 2.28. The number of rotatable bonds is 6. The van der Waals surface area contributed by atoms with Crippen molar-refractivity contribution in [1.29, 1.82) is 0 Å². The van der Waals surface area contributed by atoms with Crippen LogP contribution in [0.5, 0.6) is 0 Å². The number of hydrogen-bond donors (Lipinski definition) is 1. The largest absolute Gasteiger partial charge is 0.465 e. The smallest absolute Gasteiger partial charge is 0.118 e. The third-order valence-corrected chi connectivity index (χ3v) is 4.18. The van der Waals surface area contributed by atoms with E-state index in [1.807, 2.05) is 0 Å². The maximum absolute atomic E-state index is 9.27. The zero-order chi connectivity index (χ0) is 14.5. The van der Waals surface area contributed by atoms with E-state index in [0.29, 0.717) is 12.1 Å². The van der Waals surface area contributed by atoms with Crippen molar-refractivity contribution < 1.29 is 9.52 Å². The van der Waals surface area contributed by atoms with Crippen molar-refractivity contribution in [2.75, 3.05) is 26.2 Å². The lowest BCUT2D eigenvalue weighted by molar-refractivity contribution is 0.0321. The van der Waals surface area contributed by atoms with Gasteiger partial charge < -0.3 is 9.52 Å². The molecule has 0 saturated carbocycles. The van der Waals surface area contributed by atoms with Crippen LogP contribution in [-0.4, -0.2) is 53.2 Å². The molecule has 1 aliphatic heterocycles. The fourth-order valence-corrected chi connectivity index (χ4v) is 3.08. The predicted molar refractivity (Wildman–Crippen MR) is 80.7 cm³/mol. The molecule has 1 atom stereocenters. The molecular formula is C16H28N2O2. The van der Waals surface area contributed by atoms with Crippen LogP contribution in [0, 0.1) is 0 Å². The molecule has 0 aliphatic carbocycles. The Kier molecular flexibility index (Phi) is 5.64. The van der Waals surface area contributed by atoms with Gasteiger partial charge in [0.05, 0.1) is 6.54 Å². The quantitative estimate of drug-likeness (QED) is 0.866. The van der Waals surface area contributed by atoms with Crippen LogP contribution in [0.1, 0.15) is 38.7 Å². The molecule has 0 aromatic carbocycles. The minimum absolute atomic E-state index is 0.266. The first-order valence-corrected chi connectivity index (χ1v) is 7.80. The average Bonchev–Trinajstić information content (AvgIpc) is 2.87. The molecule has 1 N–H and O–H groups in total. The molecular weight excluding hydrogens is 252 g/mol. The van der Waals surface area contributed by atoms with Crippen molar-refractivity contribution in [1.82, 2.24) is 9.80 Å². The Morgan fingerprint density at radius 3 is 2.65 bits per heavy atom. The first-order valence-electron chi connectivity index (χ1n) is 7.80. The highest BCUT2D eigenvalue weighted by molar-refractivity contribution is 5.07. The first kappa shape index (κ1) is 15.5. The monoisotopic (exact) mass is 280 g/mol. The van der Waals surface area contributed by atoms with Crippen molar-refractivity contribution in [3.05, 3.63) is 23.7 Å². The summed E-state index contributed by atoms with van der Waals surface area (Å²) in [5.41, 5.74) is 0. The van der Waals surface area contributed by atoms with Crippen molar-refractivity contribution >= 4 is 0 Å². The molecule has 0 spiro atoms. The van der Waals surface area contributed by atoms with Gasteiger partial charge in [-0.2, -0.15) is 0 Å². The molecule has 0 unspecified atom stereocenters. The Hall–Kier alpha value is -0.840. The van der Waals surface area contributed by atoms with Crippen LogP contribution in [0.25, 0.3) is 0 Å². The molecule has 0 bridgehead atoms. The fraction of sp³-hybridized carbons (Fsp3) is 0.750. The molecule has 0 amide bonds. The molecule has 20 heavy (non-hydrogen) atoms. The van der Waals surface area contributed by atoms with Crippen LogP contribution in [0.3, 0.4) is 0 Å². The highest BCUT2D eigenvalue weighted by atomic mass is 16.3. The van der Waals surface area contributed by atoms with E-state index in [1.54, 1.807) is 0 Å². The van der Waals surface area contributed by atoms with Crippen molar-refractivity contribution in [2.45, 2.75) is 52.2 Å². The first-order chi connectivity index (χ1) is 9.63. The summed E-state index contributed by atoms with van der Waals surface area (Å²) in [5.74, 6) is 2.12. The van der Waals surface area contributed by atoms with Gasteiger partial charge in [-0.3, -0.25) is 9.80 Å². The van der Waals surface area contributed by atoms with E-state index in [1.165, 1.54) is 0 Å². The van der Waals surface area contributed by atoms with Gasteiger partial charge in [-0.1, -0.05) is 6.92 Å². The number of furan rings is 1. The minimum atomic E-state index is 0.266. The number of aliphatic hydroxyl groups is 1. The van der Waals surface area contributed by atoms with E-state index in [4.69, 9.17) is 4.42 Å². The maximum Gasteiger partial charge on any atom is 0.118 e. The normalized spacial score (nSPS) is 21.8. The third kappa shape index (κ3) is 3.84. The van der Waals surface area contributed by atoms with Crippen molar-refractivity contribution in [2.24, 2.45) is 0 Å². The summed E-state index contributed by atoms with van der Waals surface area (Å²) in [6, 6.07) is 5.16. The summed E-state index contributed by atoms with van der Waals surface area (Å²) >= 11 is 0. The standard InChI is InChI=1S/C16H28N2O2/c1-4-15-5-6-16(20-15)12-17-8-9-18(13(2)3)14(11-17)7-10-19/h5-6,13-14,19H,4,7-12H2,1-3H3/t14-/m1/s1. The lowest BCUT2D eigenvalue weighted by Crippen LogP contribution is -2.55. The second kappa shape index (κ2) is 7.25. The van der Waals surface area contributed by atoms with Crippen molar-refractivity contribution in [3.63, 3.8) is 0 Å². The summed E-state index contributed by atoms with van der Waals surface area (Å²) < 4.78 is 5.80. The van der Waals surface area contributed by atoms with Crippen LogP contribution in [0.2, 0.25) is 0 Å². The molecule has 0 radical (unpaired) electrons. The molecule has 2 heterocycles. The average molecular weight is 280 g/mol. The second-order valence-corrected chi connectivity index (χ2v) is 5.95. The van der Waals surface area contributed by atoms with Gasteiger partial charge in [0.15, 0.2) is 0 Å². The Labute approximate surface area is 122 Å². The lowest BCUT2D eigenvalue weighted by Gasteiger charge is -2.43. The molecule has 114 valence electrons. The summed E-state index contributed by atoms with van der Waals surface area (Å²) in [7, 11) is 0. The Bertz CT molecular complexity index is 403. The number of piperazine rings is 1. The van der Waals surface area contributed by atoms with Crippen LogP contribution < -0.4 is 0 Å². The summed E-state index contributed by atoms with van der Waals surface area (Å²) in [6.07, 6.45) is 1.81. The molecule has 1 saturated heterocycles. The van der Waals surface area contributed by atoms with Crippen LogP contribution >= 0.6 is 0 Å². The van der Waals surface area contributed by atoms with Crippen molar-refractivity contribution in [3.8, 4) is 0 Å². The van der Waals surface area contributed by atoms with Gasteiger partial charge in [0.25, 0.3) is 0 Å². The Balaban J connectivity index is 1.93.